The van der Waals surface area contributed by atoms with Crippen LogP contribution in [0.3, 0.4) is 0 Å². The molecule has 0 heterocycles. The number of benzene rings is 1. The lowest BCUT2D eigenvalue weighted by Gasteiger charge is -2.01. The standard InChI is InChI=1S/C10H11FO.C3H6O2/c11-10-5-8(7-1-2-7)3-4-9(10)6-12;1-2-3(4)5/h3-5,7,12H,1-2,6H2;2H2,1H3,(H,4,5). The molecule has 0 radical (unpaired) electrons. The van der Waals surface area contributed by atoms with E-state index in [4.69, 9.17) is 10.2 Å². The molecule has 1 aromatic carbocycles. The zero-order chi connectivity index (χ0) is 12.8. The summed E-state index contributed by atoms with van der Waals surface area (Å²) in [5.74, 6) is -0.445. The minimum atomic E-state index is -0.745. The van der Waals surface area contributed by atoms with Gasteiger partial charge in [-0.3, -0.25) is 4.79 Å². The van der Waals surface area contributed by atoms with Crippen molar-refractivity contribution in [2.45, 2.75) is 38.7 Å². The molecular weight excluding hydrogens is 223 g/mol. The number of carboxylic acid groups (broad SMARTS) is 1. The molecule has 17 heavy (non-hydrogen) atoms. The maximum atomic E-state index is 13.1. The highest BCUT2D eigenvalue weighted by atomic mass is 19.1. The van der Waals surface area contributed by atoms with Crippen LogP contribution in [0.4, 0.5) is 4.39 Å². The highest BCUT2D eigenvalue weighted by Crippen LogP contribution is 2.40. The van der Waals surface area contributed by atoms with Crippen molar-refractivity contribution in [3.05, 3.63) is 35.1 Å². The van der Waals surface area contributed by atoms with E-state index < -0.39 is 5.97 Å². The highest BCUT2D eigenvalue weighted by molar-refractivity contribution is 5.66. The van der Waals surface area contributed by atoms with Crippen LogP contribution in [0.2, 0.25) is 0 Å². The largest absolute Gasteiger partial charge is 0.481 e. The normalized spacial score (nSPS) is 13.8. The lowest BCUT2D eigenvalue weighted by Crippen LogP contribution is -1.91. The van der Waals surface area contributed by atoms with E-state index >= 15 is 0 Å². The molecule has 0 amide bonds. The molecule has 1 aliphatic rings. The number of aliphatic hydroxyl groups excluding tert-OH is 1. The second-order valence-electron chi connectivity index (χ2n) is 4.03. The molecule has 3 nitrogen and oxygen atoms in total. The first-order valence-corrected chi connectivity index (χ1v) is 5.69. The lowest BCUT2D eigenvalue weighted by atomic mass is 10.1. The van der Waals surface area contributed by atoms with Crippen molar-refractivity contribution in [3.63, 3.8) is 0 Å². The maximum Gasteiger partial charge on any atom is 0.303 e. The Labute approximate surface area is 99.9 Å². The average Bonchev–Trinajstić information content (AvgIpc) is 3.13. The number of carbonyl (C=O) groups is 1. The zero-order valence-electron chi connectivity index (χ0n) is 9.82. The van der Waals surface area contributed by atoms with Crippen LogP contribution in [0.15, 0.2) is 18.2 Å². The number of carboxylic acids is 1. The van der Waals surface area contributed by atoms with Crippen LogP contribution in [-0.4, -0.2) is 16.2 Å². The first-order valence-electron chi connectivity index (χ1n) is 5.69. The van der Waals surface area contributed by atoms with Gasteiger partial charge >= 0.3 is 5.97 Å². The lowest BCUT2D eigenvalue weighted by molar-refractivity contribution is -0.136. The van der Waals surface area contributed by atoms with Crippen molar-refractivity contribution >= 4 is 5.97 Å². The molecule has 1 saturated carbocycles. The first kappa shape index (κ1) is 13.6. The van der Waals surface area contributed by atoms with E-state index in [0.717, 1.165) is 5.56 Å². The quantitative estimate of drug-likeness (QED) is 0.854. The van der Waals surface area contributed by atoms with E-state index in [-0.39, 0.29) is 18.8 Å². The van der Waals surface area contributed by atoms with Crippen molar-refractivity contribution < 1.29 is 19.4 Å². The van der Waals surface area contributed by atoms with Gasteiger partial charge in [0.1, 0.15) is 5.82 Å². The highest BCUT2D eigenvalue weighted by Gasteiger charge is 2.23. The van der Waals surface area contributed by atoms with Crippen LogP contribution >= 0.6 is 0 Å². The average molecular weight is 240 g/mol. The topological polar surface area (TPSA) is 57.5 Å². The summed E-state index contributed by atoms with van der Waals surface area (Å²) in [6.07, 6.45) is 2.58. The van der Waals surface area contributed by atoms with Crippen molar-refractivity contribution in [2.75, 3.05) is 0 Å². The van der Waals surface area contributed by atoms with Crippen LogP contribution in [-0.2, 0) is 11.4 Å². The van der Waals surface area contributed by atoms with Crippen molar-refractivity contribution in [2.24, 2.45) is 0 Å². The monoisotopic (exact) mass is 240 g/mol. The van der Waals surface area contributed by atoms with E-state index in [0.29, 0.717) is 11.5 Å². The van der Waals surface area contributed by atoms with Gasteiger partial charge in [-0.05, 0) is 30.4 Å². The summed E-state index contributed by atoms with van der Waals surface area (Å²) in [6, 6.07) is 5.12. The molecular formula is C13H17FO3. The Balaban J connectivity index is 0.000000249. The fraction of sp³-hybridized carbons (Fsp3) is 0.462. The van der Waals surface area contributed by atoms with Gasteiger partial charge in [0.25, 0.3) is 0 Å². The predicted octanol–water partition coefficient (Wildman–Crippen LogP) is 2.68. The van der Waals surface area contributed by atoms with Gasteiger partial charge in [-0.2, -0.15) is 0 Å². The van der Waals surface area contributed by atoms with Gasteiger partial charge in [-0.15, -0.1) is 0 Å². The van der Waals surface area contributed by atoms with Crippen molar-refractivity contribution in [3.8, 4) is 0 Å². The number of halogens is 1. The smallest absolute Gasteiger partial charge is 0.303 e. The molecule has 0 aliphatic heterocycles. The number of hydrogen-bond acceptors (Lipinski definition) is 2. The number of aliphatic hydroxyl groups is 1. The minimum Gasteiger partial charge on any atom is -0.481 e. The molecule has 0 bridgehead atoms. The molecule has 1 aliphatic carbocycles. The third kappa shape index (κ3) is 4.53. The summed E-state index contributed by atoms with van der Waals surface area (Å²) in [6.45, 7) is 1.39. The Kier molecular flexibility index (Phi) is 5.10. The molecule has 0 spiro atoms. The molecule has 1 aromatic rings. The van der Waals surface area contributed by atoms with Crippen LogP contribution in [0.25, 0.3) is 0 Å². The number of hydrogen-bond donors (Lipinski definition) is 2. The Morgan fingerprint density at radius 1 is 1.47 bits per heavy atom. The Morgan fingerprint density at radius 2 is 2.06 bits per heavy atom. The van der Waals surface area contributed by atoms with E-state index in [1.54, 1.807) is 19.1 Å². The molecule has 94 valence electrons. The molecule has 2 N–H and O–H groups in total. The second kappa shape index (κ2) is 6.35. The molecule has 0 atom stereocenters. The summed E-state index contributed by atoms with van der Waals surface area (Å²) in [4.78, 5) is 9.37. The molecule has 0 saturated heterocycles. The van der Waals surface area contributed by atoms with Crippen LogP contribution in [0.1, 0.15) is 43.2 Å². The molecule has 0 aromatic heterocycles. The Hall–Kier alpha value is -1.42. The Morgan fingerprint density at radius 3 is 2.41 bits per heavy atom. The number of aliphatic carboxylic acids is 1. The number of rotatable bonds is 3. The van der Waals surface area contributed by atoms with Crippen LogP contribution in [0, 0.1) is 5.82 Å². The van der Waals surface area contributed by atoms with Gasteiger partial charge in [0.15, 0.2) is 0 Å². The van der Waals surface area contributed by atoms with Crippen LogP contribution < -0.4 is 0 Å². The maximum absolute atomic E-state index is 13.1. The summed E-state index contributed by atoms with van der Waals surface area (Å²) in [7, 11) is 0. The SMILES string of the molecule is CCC(=O)O.OCc1ccc(C2CC2)cc1F. The molecule has 2 rings (SSSR count). The summed E-state index contributed by atoms with van der Waals surface area (Å²) in [5, 5.41) is 16.4. The third-order valence-electron chi connectivity index (χ3n) is 2.60. The first-order chi connectivity index (χ1) is 8.08. The van der Waals surface area contributed by atoms with Gasteiger partial charge in [0.2, 0.25) is 0 Å². The molecule has 1 fully saturated rings. The summed E-state index contributed by atoms with van der Waals surface area (Å²) < 4.78 is 13.1. The second-order valence-corrected chi connectivity index (χ2v) is 4.03. The van der Waals surface area contributed by atoms with Crippen molar-refractivity contribution in [1.29, 1.82) is 0 Å². The Bertz CT molecular complexity index is 386. The fourth-order valence-corrected chi connectivity index (χ4v) is 1.36. The third-order valence-corrected chi connectivity index (χ3v) is 2.60. The van der Waals surface area contributed by atoms with Gasteiger partial charge in [-0.1, -0.05) is 19.1 Å². The van der Waals surface area contributed by atoms with E-state index in [2.05, 4.69) is 0 Å². The fourth-order valence-electron chi connectivity index (χ4n) is 1.36. The van der Waals surface area contributed by atoms with Gasteiger partial charge < -0.3 is 10.2 Å². The predicted molar refractivity (Wildman–Crippen MR) is 62.2 cm³/mol. The minimum absolute atomic E-state index is 0.212. The van der Waals surface area contributed by atoms with Gasteiger partial charge in [-0.25, -0.2) is 4.39 Å². The van der Waals surface area contributed by atoms with Crippen molar-refractivity contribution in [1.82, 2.24) is 0 Å². The van der Waals surface area contributed by atoms with Gasteiger partial charge in [0.05, 0.1) is 6.61 Å². The zero-order valence-corrected chi connectivity index (χ0v) is 9.82. The van der Waals surface area contributed by atoms with Gasteiger partial charge in [0, 0.05) is 12.0 Å². The van der Waals surface area contributed by atoms with Crippen LogP contribution in [0.5, 0.6) is 0 Å². The summed E-state index contributed by atoms with van der Waals surface area (Å²) in [5.41, 5.74) is 1.46. The van der Waals surface area contributed by atoms with E-state index in [1.807, 2.05) is 6.07 Å². The molecule has 0 unspecified atom stereocenters. The van der Waals surface area contributed by atoms with E-state index in [9.17, 15) is 9.18 Å². The summed E-state index contributed by atoms with van der Waals surface area (Å²) >= 11 is 0. The molecule has 4 heteroatoms. The van der Waals surface area contributed by atoms with E-state index in [1.165, 1.54) is 12.8 Å².